The summed E-state index contributed by atoms with van der Waals surface area (Å²) in [6.07, 6.45) is 8.70. The molecule has 15 heavy (non-hydrogen) atoms. The zero-order valence-electron chi connectivity index (χ0n) is 9.04. The summed E-state index contributed by atoms with van der Waals surface area (Å²) in [4.78, 5) is 3.98. The first-order valence-electron chi connectivity index (χ1n) is 5.65. The summed E-state index contributed by atoms with van der Waals surface area (Å²) in [5.41, 5.74) is 1.01. The number of nitrogens with one attached hydrogen (secondary N) is 1. The largest absolute Gasteiger partial charge is 0.381 e. The second-order valence-electron chi connectivity index (χ2n) is 4.28. The van der Waals surface area contributed by atoms with E-state index >= 15 is 0 Å². The summed E-state index contributed by atoms with van der Waals surface area (Å²) in [5.74, 6) is 0.947. The molecule has 1 fully saturated rings. The predicted molar refractivity (Wildman–Crippen MR) is 64.3 cm³/mol. The van der Waals surface area contributed by atoms with E-state index in [4.69, 9.17) is 11.6 Å². The molecule has 1 aromatic rings. The second-order valence-corrected chi connectivity index (χ2v) is 4.69. The minimum Gasteiger partial charge on any atom is -0.381 e. The van der Waals surface area contributed by atoms with Crippen molar-refractivity contribution in [1.82, 2.24) is 4.98 Å². The monoisotopic (exact) mass is 224 g/mol. The highest BCUT2D eigenvalue weighted by molar-refractivity contribution is 6.33. The van der Waals surface area contributed by atoms with Gasteiger partial charge in [-0.05, 0) is 24.8 Å². The average Bonchev–Trinajstić information content (AvgIpc) is 3.04. The van der Waals surface area contributed by atoms with Crippen LogP contribution in [0.3, 0.4) is 0 Å². The van der Waals surface area contributed by atoms with E-state index in [1.807, 2.05) is 6.07 Å². The molecule has 3 heteroatoms. The number of pyridine rings is 1. The van der Waals surface area contributed by atoms with Crippen molar-refractivity contribution in [3.63, 3.8) is 0 Å². The lowest BCUT2D eigenvalue weighted by Crippen LogP contribution is -2.19. The van der Waals surface area contributed by atoms with Gasteiger partial charge in [-0.15, -0.1) is 0 Å². The Labute approximate surface area is 96.1 Å². The molecule has 1 aromatic heterocycles. The fourth-order valence-corrected chi connectivity index (χ4v) is 1.97. The van der Waals surface area contributed by atoms with Crippen LogP contribution in [0.1, 0.15) is 32.6 Å². The Morgan fingerprint density at radius 2 is 2.40 bits per heavy atom. The van der Waals surface area contributed by atoms with Crippen molar-refractivity contribution in [3.05, 3.63) is 23.5 Å². The summed E-state index contributed by atoms with van der Waals surface area (Å²) in [6.45, 7) is 2.22. The van der Waals surface area contributed by atoms with Crippen LogP contribution in [0, 0.1) is 5.92 Å². The highest BCUT2D eigenvalue weighted by Gasteiger charge is 2.24. The lowest BCUT2D eigenvalue weighted by molar-refractivity contribution is 0.587. The maximum Gasteiger partial charge on any atom is 0.0820 e. The van der Waals surface area contributed by atoms with Gasteiger partial charge in [-0.1, -0.05) is 31.4 Å². The Hall–Kier alpha value is -0.760. The van der Waals surface area contributed by atoms with Crippen molar-refractivity contribution in [1.29, 1.82) is 0 Å². The first-order chi connectivity index (χ1) is 7.29. The van der Waals surface area contributed by atoms with Crippen LogP contribution in [0.2, 0.25) is 5.02 Å². The van der Waals surface area contributed by atoms with Crippen LogP contribution in [0.5, 0.6) is 0 Å². The molecule has 1 saturated carbocycles. The van der Waals surface area contributed by atoms with Crippen LogP contribution in [0.25, 0.3) is 0 Å². The van der Waals surface area contributed by atoms with E-state index in [0.717, 1.165) is 18.0 Å². The molecule has 0 radical (unpaired) electrons. The third-order valence-corrected chi connectivity index (χ3v) is 3.24. The highest BCUT2D eigenvalue weighted by atomic mass is 35.5. The summed E-state index contributed by atoms with van der Waals surface area (Å²) >= 11 is 6.05. The fraction of sp³-hybridized carbons (Fsp3) is 0.583. The van der Waals surface area contributed by atoms with Gasteiger partial charge in [0.15, 0.2) is 0 Å². The van der Waals surface area contributed by atoms with Crippen LogP contribution in [0.15, 0.2) is 18.5 Å². The number of aromatic nitrogens is 1. The Kier molecular flexibility index (Phi) is 3.47. The van der Waals surface area contributed by atoms with Gasteiger partial charge >= 0.3 is 0 Å². The second kappa shape index (κ2) is 4.84. The third-order valence-electron chi connectivity index (χ3n) is 2.94. The van der Waals surface area contributed by atoms with Crippen molar-refractivity contribution in [2.45, 2.75) is 38.6 Å². The molecule has 0 spiro atoms. The van der Waals surface area contributed by atoms with E-state index in [9.17, 15) is 0 Å². The van der Waals surface area contributed by atoms with E-state index in [2.05, 4.69) is 17.2 Å². The number of hydrogen-bond acceptors (Lipinski definition) is 2. The van der Waals surface area contributed by atoms with Crippen molar-refractivity contribution in [3.8, 4) is 0 Å². The molecular weight excluding hydrogens is 208 g/mol. The van der Waals surface area contributed by atoms with Crippen LogP contribution >= 0.6 is 11.6 Å². The SMILES string of the molecule is CCC(CC1CC1)Nc1ccncc1Cl. The third kappa shape index (κ3) is 3.10. The summed E-state index contributed by atoms with van der Waals surface area (Å²) in [5, 5.41) is 4.21. The van der Waals surface area contributed by atoms with E-state index in [-0.39, 0.29) is 0 Å². The average molecular weight is 225 g/mol. The molecule has 1 unspecified atom stereocenters. The molecule has 2 nitrogen and oxygen atoms in total. The molecule has 2 rings (SSSR count). The van der Waals surface area contributed by atoms with E-state index in [0.29, 0.717) is 11.1 Å². The summed E-state index contributed by atoms with van der Waals surface area (Å²) < 4.78 is 0. The Morgan fingerprint density at radius 1 is 1.60 bits per heavy atom. The van der Waals surface area contributed by atoms with Crippen molar-refractivity contribution in [2.75, 3.05) is 5.32 Å². The minimum absolute atomic E-state index is 0.553. The van der Waals surface area contributed by atoms with Gasteiger partial charge in [0.05, 0.1) is 10.7 Å². The zero-order chi connectivity index (χ0) is 10.7. The lowest BCUT2D eigenvalue weighted by Gasteiger charge is -2.18. The number of rotatable bonds is 5. The van der Waals surface area contributed by atoms with Gasteiger partial charge in [-0.3, -0.25) is 4.98 Å². The number of halogens is 1. The van der Waals surface area contributed by atoms with Gasteiger partial charge in [0, 0.05) is 18.4 Å². The molecule has 0 aromatic carbocycles. The first kappa shape index (κ1) is 10.7. The standard InChI is InChI=1S/C12H17ClN2/c1-2-10(7-9-3-4-9)15-12-5-6-14-8-11(12)13/h5-6,8-10H,2-4,7H2,1H3,(H,14,15). The van der Waals surface area contributed by atoms with Crippen LogP contribution < -0.4 is 5.32 Å². The number of anilines is 1. The van der Waals surface area contributed by atoms with Gasteiger partial charge in [-0.25, -0.2) is 0 Å². The first-order valence-corrected chi connectivity index (χ1v) is 6.03. The van der Waals surface area contributed by atoms with Crippen molar-refractivity contribution in [2.24, 2.45) is 5.92 Å². The molecule has 1 aliphatic rings. The van der Waals surface area contributed by atoms with E-state index in [1.165, 1.54) is 19.3 Å². The molecule has 1 atom stereocenters. The molecule has 1 aliphatic carbocycles. The van der Waals surface area contributed by atoms with Crippen molar-refractivity contribution < 1.29 is 0 Å². The van der Waals surface area contributed by atoms with Crippen molar-refractivity contribution >= 4 is 17.3 Å². The molecule has 0 amide bonds. The zero-order valence-corrected chi connectivity index (χ0v) is 9.80. The maximum absolute atomic E-state index is 6.05. The van der Waals surface area contributed by atoms with E-state index < -0.39 is 0 Å². The Balaban J connectivity index is 1.95. The normalized spacial score (nSPS) is 17.5. The molecular formula is C12H17ClN2. The summed E-state index contributed by atoms with van der Waals surface area (Å²) in [7, 11) is 0. The minimum atomic E-state index is 0.553. The van der Waals surface area contributed by atoms with Gasteiger partial charge in [-0.2, -0.15) is 0 Å². The maximum atomic E-state index is 6.05. The summed E-state index contributed by atoms with van der Waals surface area (Å²) in [6, 6.07) is 2.50. The van der Waals surface area contributed by atoms with E-state index in [1.54, 1.807) is 12.4 Å². The molecule has 82 valence electrons. The van der Waals surface area contributed by atoms with Gasteiger partial charge in [0.25, 0.3) is 0 Å². The van der Waals surface area contributed by atoms with Crippen LogP contribution in [-0.4, -0.2) is 11.0 Å². The van der Waals surface area contributed by atoms with Gasteiger partial charge in [0.2, 0.25) is 0 Å². The van der Waals surface area contributed by atoms with Gasteiger partial charge < -0.3 is 5.32 Å². The Bertz CT molecular complexity index is 323. The quantitative estimate of drug-likeness (QED) is 0.825. The highest BCUT2D eigenvalue weighted by Crippen LogP contribution is 2.35. The molecule has 1 heterocycles. The number of hydrogen-bond donors (Lipinski definition) is 1. The Morgan fingerprint density at radius 3 is 3.00 bits per heavy atom. The molecule has 0 bridgehead atoms. The van der Waals surface area contributed by atoms with Gasteiger partial charge in [0.1, 0.15) is 0 Å². The van der Waals surface area contributed by atoms with Crippen LogP contribution in [0.4, 0.5) is 5.69 Å². The smallest absolute Gasteiger partial charge is 0.0820 e. The lowest BCUT2D eigenvalue weighted by atomic mass is 10.1. The predicted octanol–water partition coefficient (Wildman–Crippen LogP) is 3.73. The molecule has 0 aliphatic heterocycles. The topological polar surface area (TPSA) is 24.9 Å². The number of nitrogens with zero attached hydrogens (tertiary/aromatic N) is 1. The molecule has 0 saturated heterocycles. The van der Waals surface area contributed by atoms with Crippen LogP contribution in [-0.2, 0) is 0 Å². The fourth-order valence-electron chi connectivity index (χ4n) is 1.80. The molecule has 1 N–H and O–H groups in total.